The van der Waals surface area contributed by atoms with E-state index in [-0.39, 0.29) is 0 Å². The first kappa shape index (κ1) is 14.5. The number of hydrogen-bond donors (Lipinski definition) is 1. The van der Waals surface area contributed by atoms with Gasteiger partial charge in [-0.3, -0.25) is 0 Å². The molecule has 0 amide bonds. The molecule has 1 aliphatic carbocycles. The lowest BCUT2D eigenvalue weighted by molar-refractivity contribution is 0.0755. The van der Waals surface area contributed by atoms with Crippen molar-refractivity contribution in [2.75, 3.05) is 6.26 Å². The Kier molecular flexibility index (Phi) is 4.31. The molecule has 1 unspecified atom stereocenters. The van der Waals surface area contributed by atoms with Gasteiger partial charge in [-0.25, -0.2) is 8.42 Å². The van der Waals surface area contributed by atoms with Crippen molar-refractivity contribution in [2.24, 2.45) is 11.8 Å². The highest BCUT2D eigenvalue weighted by Gasteiger charge is 2.25. The topological polar surface area (TPSA) is 54.4 Å². The molecular formula is C15H22O3S. The molecule has 0 aliphatic heterocycles. The molecule has 0 heterocycles. The number of aliphatic hydroxyl groups is 1. The zero-order valence-corrected chi connectivity index (χ0v) is 12.4. The molecule has 1 aromatic rings. The average Bonchev–Trinajstić information content (AvgIpc) is 2.38. The second-order valence-electron chi connectivity index (χ2n) is 5.81. The molecule has 1 saturated carbocycles. The minimum atomic E-state index is -3.16. The van der Waals surface area contributed by atoms with Crippen molar-refractivity contribution < 1.29 is 13.5 Å². The van der Waals surface area contributed by atoms with Gasteiger partial charge in [0, 0.05) is 6.26 Å². The molecule has 0 aromatic heterocycles. The fourth-order valence-corrected chi connectivity index (χ4v) is 3.42. The predicted octanol–water partition coefficient (Wildman–Crippen LogP) is 2.95. The summed E-state index contributed by atoms with van der Waals surface area (Å²) in [6.45, 7) is 2.25. The van der Waals surface area contributed by atoms with E-state index in [4.69, 9.17) is 0 Å². The van der Waals surface area contributed by atoms with Crippen LogP contribution in [0.3, 0.4) is 0 Å². The van der Waals surface area contributed by atoms with Gasteiger partial charge in [0.25, 0.3) is 0 Å². The molecule has 1 aromatic carbocycles. The second-order valence-corrected chi connectivity index (χ2v) is 7.82. The molecule has 4 heteroatoms. The van der Waals surface area contributed by atoms with Crippen LogP contribution in [-0.2, 0) is 9.84 Å². The maximum absolute atomic E-state index is 11.4. The van der Waals surface area contributed by atoms with Crippen molar-refractivity contribution in [3.05, 3.63) is 29.8 Å². The molecule has 3 nitrogen and oxygen atoms in total. The van der Waals surface area contributed by atoms with Crippen molar-refractivity contribution in [1.29, 1.82) is 0 Å². The van der Waals surface area contributed by atoms with Crippen molar-refractivity contribution in [3.63, 3.8) is 0 Å². The molecule has 0 spiro atoms. The Morgan fingerprint density at radius 3 is 2.11 bits per heavy atom. The molecule has 1 aliphatic rings. The molecule has 106 valence electrons. The van der Waals surface area contributed by atoms with E-state index in [1.54, 1.807) is 24.3 Å². The minimum absolute atomic E-state index is 0.306. The lowest BCUT2D eigenvalue weighted by Crippen LogP contribution is -2.19. The van der Waals surface area contributed by atoms with Crippen LogP contribution in [-0.4, -0.2) is 19.8 Å². The summed E-state index contributed by atoms with van der Waals surface area (Å²) in [5.74, 6) is 1.07. The van der Waals surface area contributed by atoms with Crippen LogP contribution in [0.25, 0.3) is 0 Å². The largest absolute Gasteiger partial charge is 0.388 e. The molecule has 0 radical (unpaired) electrons. The van der Waals surface area contributed by atoms with E-state index in [9.17, 15) is 13.5 Å². The molecule has 19 heavy (non-hydrogen) atoms. The van der Waals surface area contributed by atoms with Crippen LogP contribution in [0.5, 0.6) is 0 Å². The van der Waals surface area contributed by atoms with Crippen molar-refractivity contribution in [3.8, 4) is 0 Å². The van der Waals surface area contributed by atoms with Gasteiger partial charge >= 0.3 is 0 Å². The van der Waals surface area contributed by atoms with Gasteiger partial charge in [0.1, 0.15) is 0 Å². The van der Waals surface area contributed by atoms with Gasteiger partial charge in [0.15, 0.2) is 9.84 Å². The third kappa shape index (κ3) is 3.57. The number of hydrogen-bond acceptors (Lipinski definition) is 3. The Morgan fingerprint density at radius 2 is 1.63 bits per heavy atom. The number of sulfone groups is 1. The minimum Gasteiger partial charge on any atom is -0.388 e. The third-order valence-corrected chi connectivity index (χ3v) is 5.29. The van der Waals surface area contributed by atoms with Gasteiger partial charge in [-0.05, 0) is 42.4 Å². The Bertz CT molecular complexity index is 511. The van der Waals surface area contributed by atoms with Crippen molar-refractivity contribution >= 4 is 9.84 Å². The fourth-order valence-electron chi connectivity index (χ4n) is 2.79. The van der Waals surface area contributed by atoms with E-state index < -0.39 is 15.9 Å². The lowest BCUT2D eigenvalue weighted by Gasteiger charge is -2.30. The number of benzene rings is 1. The van der Waals surface area contributed by atoms with Crippen LogP contribution in [0.2, 0.25) is 0 Å². The van der Waals surface area contributed by atoms with Gasteiger partial charge < -0.3 is 5.11 Å². The molecule has 2 rings (SSSR count). The first-order valence-corrected chi connectivity index (χ1v) is 8.75. The quantitative estimate of drug-likeness (QED) is 0.927. The van der Waals surface area contributed by atoms with Crippen LogP contribution in [0.15, 0.2) is 29.2 Å². The Hall–Kier alpha value is -0.870. The van der Waals surface area contributed by atoms with Crippen LogP contribution >= 0.6 is 0 Å². The van der Waals surface area contributed by atoms with Gasteiger partial charge in [-0.15, -0.1) is 0 Å². The zero-order valence-electron chi connectivity index (χ0n) is 11.5. The highest BCUT2D eigenvalue weighted by Crippen LogP contribution is 2.36. The predicted molar refractivity (Wildman–Crippen MR) is 75.6 cm³/mol. The van der Waals surface area contributed by atoms with E-state index in [1.807, 2.05) is 0 Å². The standard InChI is InChI=1S/C15H22O3S/c1-11-3-5-12(6-4-11)15(16)13-7-9-14(10-8-13)19(2,17)18/h7-12,15-16H,3-6H2,1-2H3. The normalized spacial score (nSPS) is 26.1. The van der Waals surface area contributed by atoms with E-state index in [0.717, 1.165) is 24.3 Å². The summed E-state index contributed by atoms with van der Waals surface area (Å²) in [5.41, 5.74) is 0.826. The van der Waals surface area contributed by atoms with Crippen molar-refractivity contribution in [2.45, 2.75) is 43.6 Å². The highest BCUT2D eigenvalue weighted by molar-refractivity contribution is 7.90. The average molecular weight is 282 g/mol. The van der Waals surface area contributed by atoms with Crippen molar-refractivity contribution in [1.82, 2.24) is 0 Å². The van der Waals surface area contributed by atoms with Crippen LogP contribution in [0.1, 0.15) is 44.3 Å². The first-order valence-electron chi connectivity index (χ1n) is 6.86. The summed E-state index contributed by atoms with van der Waals surface area (Å²) in [5, 5.41) is 10.4. The third-order valence-electron chi connectivity index (χ3n) is 4.16. The molecule has 0 bridgehead atoms. The second kappa shape index (κ2) is 5.63. The number of rotatable bonds is 3. The summed E-state index contributed by atoms with van der Waals surface area (Å²) in [7, 11) is -3.16. The monoisotopic (exact) mass is 282 g/mol. The van der Waals surface area contributed by atoms with Crippen LogP contribution < -0.4 is 0 Å². The SMILES string of the molecule is CC1CCC(C(O)c2ccc(S(C)(=O)=O)cc2)CC1. The maximum atomic E-state index is 11.4. The fraction of sp³-hybridized carbons (Fsp3) is 0.600. The Morgan fingerprint density at radius 1 is 1.11 bits per heavy atom. The summed E-state index contributed by atoms with van der Waals surface area (Å²) in [4.78, 5) is 0.306. The van der Waals surface area contributed by atoms with E-state index >= 15 is 0 Å². The van der Waals surface area contributed by atoms with E-state index in [2.05, 4.69) is 6.92 Å². The summed E-state index contributed by atoms with van der Waals surface area (Å²) >= 11 is 0. The van der Waals surface area contributed by atoms with Crippen LogP contribution in [0, 0.1) is 11.8 Å². The molecule has 0 saturated heterocycles. The van der Waals surface area contributed by atoms with Gasteiger partial charge in [-0.2, -0.15) is 0 Å². The van der Waals surface area contributed by atoms with Crippen LogP contribution in [0.4, 0.5) is 0 Å². The highest BCUT2D eigenvalue weighted by atomic mass is 32.2. The first-order chi connectivity index (χ1) is 8.88. The summed E-state index contributed by atoms with van der Waals surface area (Å²) in [6.07, 6.45) is 5.17. The lowest BCUT2D eigenvalue weighted by atomic mass is 9.78. The zero-order chi connectivity index (χ0) is 14.0. The Balaban J connectivity index is 2.09. The molecule has 1 N–H and O–H groups in total. The smallest absolute Gasteiger partial charge is 0.175 e. The molecule has 1 atom stereocenters. The Labute approximate surface area is 115 Å². The number of aliphatic hydroxyl groups excluding tert-OH is 1. The molecule has 1 fully saturated rings. The summed E-state index contributed by atoms with van der Waals surface area (Å²) in [6, 6.07) is 6.64. The van der Waals surface area contributed by atoms with Gasteiger partial charge in [0.05, 0.1) is 11.0 Å². The molecular weight excluding hydrogens is 260 g/mol. The van der Waals surface area contributed by atoms with Gasteiger partial charge in [0.2, 0.25) is 0 Å². The van der Waals surface area contributed by atoms with Gasteiger partial charge in [-0.1, -0.05) is 31.9 Å². The maximum Gasteiger partial charge on any atom is 0.175 e. The summed E-state index contributed by atoms with van der Waals surface area (Å²) < 4.78 is 22.8. The van der Waals surface area contributed by atoms with E-state index in [0.29, 0.717) is 10.8 Å². The van der Waals surface area contributed by atoms with E-state index in [1.165, 1.54) is 19.1 Å².